The number of imide groups is 1. The second kappa shape index (κ2) is 14.7. The van der Waals surface area contributed by atoms with Gasteiger partial charge < -0.3 is 17.0 Å². The molecule has 0 atom stereocenters. The van der Waals surface area contributed by atoms with E-state index in [-0.39, 0.29) is 28.8 Å². The summed E-state index contributed by atoms with van der Waals surface area (Å²) in [5.41, 5.74) is 2.13. The molecule has 0 bridgehead atoms. The standard InChI is InChI=1S/C36H39NO2P.BrH/c1-2-3-4-5-6-7-8-12-20-29-21-19-28-33-34(29)36(39)37(35(33)38)40(30-22-13-9-14-23-30,31-24-15-10-16-25-31)32-26-17-11-18-27-32;/h9-11,13-19,21-28H,2-8,12,20H2,1H3;1H/q+1;/p-1. The van der Waals surface area contributed by atoms with Gasteiger partial charge in [-0.05, 0) is 60.9 Å². The van der Waals surface area contributed by atoms with Crippen LogP contribution < -0.4 is 32.9 Å². The van der Waals surface area contributed by atoms with Crippen molar-refractivity contribution in [2.75, 3.05) is 0 Å². The van der Waals surface area contributed by atoms with Gasteiger partial charge in [0, 0.05) is 0 Å². The first-order valence-corrected chi connectivity index (χ1v) is 16.5. The molecule has 0 saturated carbocycles. The molecule has 0 fully saturated rings. The van der Waals surface area contributed by atoms with Gasteiger partial charge in [0.1, 0.15) is 15.9 Å². The molecule has 5 heteroatoms. The minimum atomic E-state index is -2.83. The van der Waals surface area contributed by atoms with Gasteiger partial charge in [-0.15, -0.1) is 4.67 Å². The Labute approximate surface area is 256 Å². The van der Waals surface area contributed by atoms with Gasteiger partial charge in [0.25, 0.3) is 11.8 Å². The van der Waals surface area contributed by atoms with E-state index in [2.05, 4.69) is 43.3 Å². The molecule has 4 aromatic carbocycles. The van der Waals surface area contributed by atoms with Crippen LogP contribution in [0.4, 0.5) is 0 Å². The first-order valence-electron chi connectivity index (χ1n) is 14.8. The smallest absolute Gasteiger partial charge is 0.294 e. The molecule has 3 nitrogen and oxygen atoms in total. The molecule has 0 radical (unpaired) electrons. The van der Waals surface area contributed by atoms with Gasteiger partial charge in [0.05, 0.1) is 11.1 Å². The van der Waals surface area contributed by atoms with E-state index < -0.39 is 7.41 Å². The number of carbonyl (C=O) groups is 2. The van der Waals surface area contributed by atoms with Crippen molar-refractivity contribution < 1.29 is 26.6 Å². The summed E-state index contributed by atoms with van der Waals surface area (Å²) in [6.07, 6.45) is 10.7. The lowest BCUT2D eigenvalue weighted by atomic mass is 9.97. The van der Waals surface area contributed by atoms with E-state index in [1.807, 2.05) is 72.8 Å². The van der Waals surface area contributed by atoms with Gasteiger partial charge in [0.2, 0.25) is 7.41 Å². The topological polar surface area (TPSA) is 37.4 Å². The number of carbonyl (C=O) groups excluding carboxylic acids is 2. The zero-order valence-corrected chi connectivity index (χ0v) is 26.3. The number of rotatable bonds is 13. The summed E-state index contributed by atoms with van der Waals surface area (Å²) < 4.78 is 1.63. The van der Waals surface area contributed by atoms with Crippen LogP contribution in [0.1, 0.15) is 84.6 Å². The van der Waals surface area contributed by atoms with Crippen molar-refractivity contribution in [2.24, 2.45) is 0 Å². The van der Waals surface area contributed by atoms with E-state index in [0.717, 1.165) is 40.7 Å². The van der Waals surface area contributed by atoms with E-state index >= 15 is 0 Å². The summed E-state index contributed by atoms with van der Waals surface area (Å²) in [6, 6.07) is 36.2. The highest BCUT2D eigenvalue weighted by atomic mass is 79.9. The first kappa shape index (κ1) is 30.9. The second-order valence-corrected chi connectivity index (χ2v) is 13.8. The third kappa shape index (κ3) is 6.25. The summed E-state index contributed by atoms with van der Waals surface area (Å²) in [4.78, 5) is 28.9. The normalized spacial score (nSPS) is 12.8. The van der Waals surface area contributed by atoms with E-state index in [4.69, 9.17) is 0 Å². The van der Waals surface area contributed by atoms with Crippen LogP contribution >= 0.6 is 7.41 Å². The van der Waals surface area contributed by atoms with Gasteiger partial charge in [-0.2, -0.15) is 0 Å². The molecular formula is C36H39BrNO2P. The number of unbranched alkanes of at least 4 members (excludes halogenated alkanes) is 7. The fourth-order valence-corrected chi connectivity index (χ4v) is 10.1. The van der Waals surface area contributed by atoms with Crippen LogP contribution in [0, 0.1) is 0 Å². The predicted molar refractivity (Wildman–Crippen MR) is 168 cm³/mol. The Kier molecular flexibility index (Phi) is 11.1. The van der Waals surface area contributed by atoms with E-state index in [9.17, 15) is 9.59 Å². The Hall–Kier alpha value is -3.07. The third-order valence-electron chi connectivity index (χ3n) is 7.97. The van der Waals surface area contributed by atoms with Gasteiger partial charge >= 0.3 is 0 Å². The Morgan fingerprint density at radius 2 is 1.00 bits per heavy atom. The molecule has 0 aliphatic carbocycles. The quantitative estimate of drug-likeness (QED) is 0.120. The van der Waals surface area contributed by atoms with E-state index in [1.165, 1.54) is 38.5 Å². The van der Waals surface area contributed by atoms with Crippen molar-refractivity contribution in [3.63, 3.8) is 0 Å². The Bertz CT molecular complexity index is 1330. The van der Waals surface area contributed by atoms with Crippen LogP contribution in [0.25, 0.3) is 0 Å². The minimum absolute atomic E-state index is 0. The second-order valence-electron chi connectivity index (χ2n) is 10.6. The van der Waals surface area contributed by atoms with Crippen molar-refractivity contribution in [1.82, 2.24) is 4.67 Å². The zero-order valence-electron chi connectivity index (χ0n) is 23.8. The van der Waals surface area contributed by atoms with Crippen LogP contribution in [-0.4, -0.2) is 16.5 Å². The molecule has 1 aliphatic rings. The third-order valence-corrected chi connectivity index (χ3v) is 12.1. The van der Waals surface area contributed by atoms with Crippen LogP contribution in [0.15, 0.2) is 109 Å². The summed E-state index contributed by atoms with van der Waals surface area (Å²) in [5.74, 6) is -0.359. The number of hydrogen-bond acceptors (Lipinski definition) is 2. The molecule has 0 spiro atoms. The van der Waals surface area contributed by atoms with Crippen LogP contribution in [0.3, 0.4) is 0 Å². The van der Waals surface area contributed by atoms with Crippen molar-refractivity contribution in [3.8, 4) is 0 Å². The minimum Gasteiger partial charge on any atom is -1.00 e. The highest BCUT2D eigenvalue weighted by Crippen LogP contribution is 2.61. The zero-order chi connectivity index (χ0) is 27.8. The summed E-state index contributed by atoms with van der Waals surface area (Å²) in [6.45, 7) is 2.25. The molecule has 0 aromatic heterocycles. The Morgan fingerprint density at radius 1 is 0.537 bits per heavy atom. The molecule has 4 aromatic rings. The van der Waals surface area contributed by atoms with Crippen molar-refractivity contribution in [2.45, 2.75) is 64.7 Å². The van der Waals surface area contributed by atoms with Crippen LogP contribution in [0.5, 0.6) is 0 Å². The molecule has 1 heterocycles. The maximum Gasteiger partial charge on any atom is 0.294 e. The van der Waals surface area contributed by atoms with Crippen molar-refractivity contribution in [1.29, 1.82) is 0 Å². The van der Waals surface area contributed by atoms with Crippen LogP contribution in [-0.2, 0) is 6.42 Å². The lowest BCUT2D eigenvalue weighted by molar-refractivity contribution is -0.0000291. The number of aryl methyl sites for hydroxylation is 1. The molecular weight excluding hydrogens is 589 g/mol. The maximum absolute atomic E-state index is 14.6. The van der Waals surface area contributed by atoms with Crippen molar-refractivity contribution in [3.05, 3.63) is 126 Å². The Morgan fingerprint density at radius 3 is 1.49 bits per heavy atom. The van der Waals surface area contributed by atoms with Crippen LogP contribution in [0.2, 0.25) is 0 Å². The van der Waals surface area contributed by atoms with Gasteiger partial charge in [0.15, 0.2) is 0 Å². The number of benzene rings is 4. The fraction of sp³-hybridized carbons (Fsp3) is 0.278. The molecule has 0 N–H and O–H groups in total. The molecule has 0 unspecified atom stereocenters. The predicted octanol–water partition coefficient (Wildman–Crippen LogP) is 4.88. The highest BCUT2D eigenvalue weighted by molar-refractivity contribution is 7.94. The SMILES string of the molecule is CCCCCCCCCCc1cccc2c1C(=O)N([P+](c1ccccc1)(c1ccccc1)c1ccccc1)C2=O.[Br-]. The number of halogens is 1. The number of nitrogens with zero attached hydrogens (tertiary/aromatic N) is 1. The molecule has 212 valence electrons. The summed E-state index contributed by atoms with van der Waals surface area (Å²) >= 11 is 0. The first-order chi connectivity index (χ1) is 19.7. The largest absolute Gasteiger partial charge is 1.00 e. The summed E-state index contributed by atoms with van der Waals surface area (Å²) in [7, 11) is -2.83. The highest BCUT2D eigenvalue weighted by Gasteiger charge is 2.60. The lowest BCUT2D eigenvalue weighted by Gasteiger charge is -2.32. The molecule has 1 aliphatic heterocycles. The average Bonchev–Trinajstić information content (AvgIpc) is 3.27. The fourth-order valence-electron chi connectivity index (χ4n) is 6.00. The summed E-state index contributed by atoms with van der Waals surface area (Å²) in [5, 5.41) is 2.98. The monoisotopic (exact) mass is 627 g/mol. The van der Waals surface area contributed by atoms with E-state index in [0.29, 0.717) is 11.1 Å². The van der Waals surface area contributed by atoms with Gasteiger partial charge in [-0.3, -0.25) is 9.59 Å². The number of fused-ring (bicyclic) bond motifs is 1. The van der Waals surface area contributed by atoms with Gasteiger partial charge in [-0.25, -0.2) is 0 Å². The van der Waals surface area contributed by atoms with Crippen molar-refractivity contribution >= 4 is 35.1 Å². The lowest BCUT2D eigenvalue weighted by Crippen LogP contribution is -3.00. The molecule has 41 heavy (non-hydrogen) atoms. The molecule has 2 amide bonds. The Balaban J connectivity index is 0.00000387. The molecule has 0 saturated heterocycles. The van der Waals surface area contributed by atoms with E-state index in [1.54, 1.807) is 4.67 Å². The van der Waals surface area contributed by atoms with Gasteiger partial charge in [-0.1, -0.05) is 119 Å². The number of amides is 2. The number of hydrogen-bond donors (Lipinski definition) is 0. The molecule has 5 rings (SSSR count). The average molecular weight is 629 g/mol. The maximum atomic E-state index is 14.6.